The number of rotatable bonds is 7. The van der Waals surface area contributed by atoms with Gasteiger partial charge in [-0.15, -0.1) is 11.3 Å². The summed E-state index contributed by atoms with van der Waals surface area (Å²) in [4.78, 5) is 18.5. The van der Waals surface area contributed by atoms with Crippen LogP contribution in [-0.4, -0.2) is 54.6 Å². The van der Waals surface area contributed by atoms with Gasteiger partial charge in [0.15, 0.2) is 0 Å². The van der Waals surface area contributed by atoms with E-state index in [1.807, 2.05) is 17.0 Å². The molecule has 0 unspecified atom stereocenters. The van der Waals surface area contributed by atoms with Crippen LogP contribution in [0, 0.1) is 12.8 Å². The standard InChI is InChI=1S/C24H31ClN2O2S/c1-18-5-2-3-6-20(18)16-26-12-10-19(11-13-26)15-27(17-21-7-4-14-29-21)24(28)22-8-9-23(25)30-22/h2-3,5-6,8-9,19,21H,4,7,10-17H2,1H3/t21-/m0/s1. The molecule has 2 aromatic rings. The number of aryl methyl sites for hydroxylation is 1. The van der Waals surface area contributed by atoms with E-state index >= 15 is 0 Å². The van der Waals surface area contributed by atoms with Gasteiger partial charge in [0, 0.05) is 26.2 Å². The van der Waals surface area contributed by atoms with E-state index in [1.54, 1.807) is 0 Å². The highest BCUT2D eigenvalue weighted by Crippen LogP contribution is 2.26. The summed E-state index contributed by atoms with van der Waals surface area (Å²) < 4.78 is 6.50. The Bertz CT molecular complexity index is 841. The first-order valence-corrected chi connectivity index (χ1v) is 12.2. The minimum absolute atomic E-state index is 0.102. The number of nitrogens with zero attached hydrogens (tertiary/aromatic N) is 2. The van der Waals surface area contributed by atoms with Gasteiger partial charge in [0.25, 0.3) is 5.91 Å². The zero-order valence-corrected chi connectivity index (χ0v) is 19.3. The largest absolute Gasteiger partial charge is 0.376 e. The van der Waals surface area contributed by atoms with Crippen molar-refractivity contribution in [1.29, 1.82) is 0 Å². The molecule has 30 heavy (non-hydrogen) atoms. The van der Waals surface area contributed by atoms with Crippen molar-refractivity contribution in [3.05, 3.63) is 56.7 Å². The molecule has 2 aliphatic heterocycles. The van der Waals surface area contributed by atoms with Crippen molar-refractivity contribution in [2.45, 2.75) is 45.3 Å². The third-order valence-electron chi connectivity index (χ3n) is 6.36. The van der Waals surface area contributed by atoms with Gasteiger partial charge in [0.2, 0.25) is 0 Å². The summed E-state index contributed by atoms with van der Waals surface area (Å²) in [6, 6.07) is 12.3. The van der Waals surface area contributed by atoms with E-state index < -0.39 is 0 Å². The van der Waals surface area contributed by atoms with Gasteiger partial charge in [-0.05, 0) is 74.9 Å². The predicted molar refractivity (Wildman–Crippen MR) is 123 cm³/mol. The lowest BCUT2D eigenvalue weighted by Gasteiger charge is -2.35. The van der Waals surface area contributed by atoms with Crippen LogP contribution in [0.1, 0.15) is 46.5 Å². The van der Waals surface area contributed by atoms with Crippen molar-refractivity contribution >= 4 is 28.8 Å². The highest BCUT2D eigenvalue weighted by molar-refractivity contribution is 7.17. The number of benzene rings is 1. The molecule has 0 aliphatic carbocycles. The molecule has 0 N–H and O–H groups in total. The Balaban J connectivity index is 1.34. The molecule has 0 saturated carbocycles. The number of thiophene rings is 1. The third kappa shape index (κ3) is 5.64. The van der Waals surface area contributed by atoms with Crippen LogP contribution in [0.4, 0.5) is 0 Å². The first-order chi connectivity index (χ1) is 14.6. The molecule has 3 heterocycles. The summed E-state index contributed by atoms with van der Waals surface area (Å²) in [5.41, 5.74) is 2.78. The summed E-state index contributed by atoms with van der Waals surface area (Å²) in [5, 5.41) is 0. The summed E-state index contributed by atoms with van der Waals surface area (Å²) in [5.74, 6) is 0.642. The van der Waals surface area contributed by atoms with Gasteiger partial charge in [-0.25, -0.2) is 0 Å². The monoisotopic (exact) mass is 446 g/mol. The lowest BCUT2D eigenvalue weighted by Crippen LogP contribution is -2.43. The van der Waals surface area contributed by atoms with Crippen LogP contribution in [0.25, 0.3) is 0 Å². The number of ether oxygens (including phenoxy) is 1. The van der Waals surface area contributed by atoms with Crippen LogP contribution in [-0.2, 0) is 11.3 Å². The Hall–Kier alpha value is -1.40. The van der Waals surface area contributed by atoms with Crippen molar-refractivity contribution in [3.8, 4) is 0 Å². The quantitative estimate of drug-likeness (QED) is 0.582. The van der Waals surface area contributed by atoms with Crippen molar-refractivity contribution in [2.24, 2.45) is 5.92 Å². The van der Waals surface area contributed by atoms with E-state index in [0.29, 0.717) is 16.8 Å². The Kier molecular flexibility index (Phi) is 7.47. The molecule has 0 bridgehead atoms. The van der Waals surface area contributed by atoms with Crippen molar-refractivity contribution < 1.29 is 9.53 Å². The SMILES string of the molecule is Cc1ccccc1CN1CCC(CN(C[C@@H]2CCCO2)C(=O)c2ccc(Cl)s2)CC1. The maximum absolute atomic E-state index is 13.2. The lowest BCUT2D eigenvalue weighted by molar-refractivity contribution is 0.0448. The normalized spacial score (nSPS) is 20.5. The average Bonchev–Trinajstić information content (AvgIpc) is 3.42. The molecule has 1 amide bonds. The molecule has 2 saturated heterocycles. The van der Waals surface area contributed by atoms with Gasteiger partial charge in [-0.2, -0.15) is 0 Å². The molecular formula is C24H31ClN2O2S. The number of carbonyl (C=O) groups excluding carboxylic acids is 1. The van der Waals surface area contributed by atoms with Gasteiger partial charge in [0.1, 0.15) is 0 Å². The molecule has 1 atom stereocenters. The Morgan fingerprint density at radius 3 is 2.63 bits per heavy atom. The van der Waals surface area contributed by atoms with Gasteiger partial charge in [0.05, 0.1) is 15.3 Å². The summed E-state index contributed by atoms with van der Waals surface area (Å²) in [6.45, 7) is 7.70. The molecule has 1 aromatic carbocycles. The summed E-state index contributed by atoms with van der Waals surface area (Å²) >= 11 is 7.45. The maximum atomic E-state index is 13.2. The number of amides is 1. The molecule has 0 spiro atoms. The second-order valence-corrected chi connectivity index (χ2v) is 10.3. The van der Waals surface area contributed by atoms with E-state index in [2.05, 4.69) is 36.1 Å². The second kappa shape index (κ2) is 10.3. The van der Waals surface area contributed by atoms with Crippen LogP contribution in [0.15, 0.2) is 36.4 Å². The van der Waals surface area contributed by atoms with Crippen LogP contribution in [0.5, 0.6) is 0 Å². The van der Waals surface area contributed by atoms with E-state index in [0.717, 1.165) is 63.3 Å². The average molecular weight is 447 g/mol. The summed E-state index contributed by atoms with van der Waals surface area (Å²) in [7, 11) is 0. The van der Waals surface area contributed by atoms with E-state index in [4.69, 9.17) is 16.3 Å². The highest BCUT2D eigenvalue weighted by atomic mass is 35.5. The van der Waals surface area contributed by atoms with Gasteiger partial charge >= 0.3 is 0 Å². The molecule has 162 valence electrons. The Labute approximate surface area is 188 Å². The lowest BCUT2D eigenvalue weighted by atomic mass is 9.95. The number of halogens is 1. The molecule has 0 radical (unpaired) electrons. The number of hydrogen-bond acceptors (Lipinski definition) is 4. The minimum atomic E-state index is 0.102. The Morgan fingerprint density at radius 1 is 1.17 bits per heavy atom. The molecular weight excluding hydrogens is 416 g/mol. The fourth-order valence-corrected chi connectivity index (χ4v) is 5.54. The fourth-order valence-electron chi connectivity index (χ4n) is 4.53. The number of likely N-dealkylation sites (tertiary alicyclic amines) is 1. The highest BCUT2D eigenvalue weighted by Gasteiger charge is 2.28. The van der Waals surface area contributed by atoms with E-state index in [-0.39, 0.29) is 12.0 Å². The number of carbonyl (C=O) groups is 1. The van der Waals surface area contributed by atoms with Gasteiger partial charge in [-0.3, -0.25) is 9.69 Å². The van der Waals surface area contributed by atoms with Crippen LogP contribution >= 0.6 is 22.9 Å². The second-order valence-electron chi connectivity index (χ2n) is 8.59. The topological polar surface area (TPSA) is 32.8 Å². The molecule has 6 heteroatoms. The van der Waals surface area contributed by atoms with Gasteiger partial charge < -0.3 is 9.64 Å². The smallest absolute Gasteiger partial charge is 0.264 e. The molecule has 1 aromatic heterocycles. The first kappa shape index (κ1) is 21.8. The molecule has 4 rings (SSSR count). The minimum Gasteiger partial charge on any atom is -0.376 e. The molecule has 4 nitrogen and oxygen atoms in total. The van der Waals surface area contributed by atoms with E-state index in [9.17, 15) is 4.79 Å². The summed E-state index contributed by atoms with van der Waals surface area (Å²) in [6.07, 6.45) is 4.57. The Morgan fingerprint density at radius 2 is 1.97 bits per heavy atom. The number of hydrogen-bond donors (Lipinski definition) is 0. The third-order valence-corrected chi connectivity index (χ3v) is 7.58. The van der Waals surface area contributed by atoms with Crippen molar-refractivity contribution in [2.75, 3.05) is 32.8 Å². The number of piperidine rings is 1. The zero-order chi connectivity index (χ0) is 20.9. The zero-order valence-electron chi connectivity index (χ0n) is 17.7. The molecule has 2 aliphatic rings. The maximum Gasteiger partial charge on any atom is 0.264 e. The van der Waals surface area contributed by atoms with Crippen molar-refractivity contribution in [3.63, 3.8) is 0 Å². The predicted octanol–water partition coefficient (Wildman–Crippen LogP) is 5.24. The fraction of sp³-hybridized carbons (Fsp3) is 0.542. The van der Waals surface area contributed by atoms with Crippen LogP contribution in [0.3, 0.4) is 0 Å². The van der Waals surface area contributed by atoms with Gasteiger partial charge in [-0.1, -0.05) is 35.9 Å². The first-order valence-electron chi connectivity index (χ1n) is 11.0. The van der Waals surface area contributed by atoms with Crippen LogP contribution in [0.2, 0.25) is 4.34 Å². The van der Waals surface area contributed by atoms with Crippen molar-refractivity contribution in [1.82, 2.24) is 9.80 Å². The van der Waals surface area contributed by atoms with E-state index in [1.165, 1.54) is 22.5 Å². The molecule has 2 fully saturated rings. The van der Waals surface area contributed by atoms with Crippen LogP contribution < -0.4 is 0 Å².